The first-order valence-electron chi connectivity index (χ1n) is 6.02. The Labute approximate surface area is 106 Å². The second kappa shape index (κ2) is 4.96. The van der Waals surface area contributed by atoms with E-state index in [1.165, 1.54) is 0 Å². The van der Waals surface area contributed by atoms with Crippen LogP contribution in [0, 0.1) is 6.92 Å². The van der Waals surface area contributed by atoms with E-state index in [1.54, 1.807) is 25.1 Å². The van der Waals surface area contributed by atoms with Gasteiger partial charge in [0.15, 0.2) is 0 Å². The van der Waals surface area contributed by atoms with Crippen LogP contribution in [0.4, 0.5) is 0 Å². The van der Waals surface area contributed by atoms with Crippen LogP contribution in [-0.4, -0.2) is 41.4 Å². The highest BCUT2D eigenvalue weighted by atomic mass is 16.3. The van der Waals surface area contributed by atoms with Gasteiger partial charge in [-0.25, -0.2) is 0 Å². The molecule has 1 aromatic carbocycles. The van der Waals surface area contributed by atoms with Crippen molar-refractivity contribution in [3.8, 4) is 5.75 Å². The maximum Gasteiger partial charge on any atom is 0.255 e. The molecule has 5 heteroatoms. The summed E-state index contributed by atoms with van der Waals surface area (Å²) in [5.74, 6) is -0.372. The molecule has 0 bridgehead atoms. The van der Waals surface area contributed by atoms with Crippen LogP contribution in [0.1, 0.15) is 22.3 Å². The molecule has 0 radical (unpaired) electrons. The van der Waals surface area contributed by atoms with Gasteiger partial charge in [0, 0.05) is 13.1 Å². The van der Waals surface area contributed by atoms with Crippen molar-refractivity contribution in [3.05, 3.63) is 29.3 Å². The van der Waals surface area contributed by atoms with E-state index < -0.39 is 5.60 Å². The summed E-state index contributed by atoms with van der Waals surface area (Å²) in [6.07, 6.45) is 0.618. The second-order valence-corrected chi connectivity index (χ2v) is 4.80. The molecule has 1 aliphatic rings. The summed E-state index contributed by atoms with van der Waals surface area (Å²) in [6.45, 7) is 3.15. The minimum atomic E-state index is -0.880. The van der Waals surface area contributed by atoms with Crippen molar-refractivity contribution >= 4 is 5.91 Å². The third kappa shape index (κ3) is 2.63. The van der Waals surface area contributed by atoms with Crippen molar-refractivity contribution in [1.29, 1.82) is 0 Å². The number of amides is 1. The molecule has 1 saturated heterocycles. The summed E-state index contributed by atoms with van der Waals surface area (Å²) in [4.78, 5) is 11.9. The molecule has 1 aliphatic heterocycles. The van der Waals surface area contributed by atoms with Crippen LogP contribution in [0.5, 0.6) is 5.75 Å². The van der Waals surface area contributed by atoms with Crippen LogP contribution in [0.3, 0.4) is 0 Å². The molecule has 98 valence electrons. The summed E-state index contributed by atoms with van der Waals surface area (Å²) in [5, 5.41) is 25.6. The van der Waals surface area contributed by atoms with E-state index in [9.17, 15) is 15.0 Å². The Bertz CT molecular complexity index is 454. The lowest BCUT2D eigenvalue weighted by Gasteiger charge is -2.21. The smallest absolute Gasteiger partial charge is 0.255 e. The topological polar surface area (TPSA) is 81.6 Å². The van der Waals surface area contributed by atoms with E-state index in [1.807, 2.05) is 0 Å². The Hall–Kier alpha value is -1.59. The molecule has 0 aromatic heterocycles. The van der Waals surface area contributed by atoms with Crippen molar-refractivity contribution in [3.63, 3.8) is 0 Å². The Morgan fingerprint density at radius 1 is 1.56 bits per heavy atom. The molecule has 1 fully saturated rings. The standard InChI is InChI=1S/C13H18N2O3/c1-9-3-2-4-10(11(9)16)12(17)15-8-13(18)5-6-14-7-13/h2-4,14,16,18H,5-8H2,1H3,(H,15,17). The summed E-state index contributed by atoms with van der Waals surface area (Å²) in [6, 6.07) is 5.02. The molecule has 0 saturated carbocycles. The van der Waals surface area contributed by atoms with Crippen molar-refractivity contribution < 1.29 is 15.0 Å². The SMILES string of the molecule is Cc1cccc(C(=O)NCC2(O)CCNC2)c1O. The van der Waals surface area contributed by atoms with Crippen LogP contribution in [0.2, 0.25) is 0 Å². The predicted molar refractivity (Wildman–Crippen MR) is 67.6 cm³/mol. The molecule has 2 rings (SSSR count). The highest BCUT2D eigenvalue weighted by molar-refractivity contribution is 5.97. The predicted octanol–water partition coefficient (Wildman–Crippen LogP) is 0.155. The van der Waals surface area contributed by atoms with Crippen LogP contribution in [-0.2, 0) is 0 Å². The number of phenols is 1. The summed E-state index contributed by atoms with van der Waals surface area (Å²) >= 11 is 0. The molecule has 0 spiro atoms. The highest BCUT2D eigenvalue weighted by Gasteiger charge is 2.31. The first-order valence-corrected chi connectivity index (χ1v) is 6.02. The molecule has 18 heavy (non-hydrogen) atoms. The zero-order chi connectivity index (χ0) is 13.2. The fourth-order valence-corrected chi connectivity index (χ4v) is 2.06. The van der Waals surface area contributed by atoms with Gasteiger partial charge < -0.3 is 20.8 Å². The van der Waals surface area contributed by atoms with E-state index in [0.717, 1.165) is 6.54 Å². The second-order valence-electron chi connectivity index (χ2n) is 4.80. The van der Waals surface area contributed by atoms with Gasteiger partial charge in [-0.1, -0.05) is 12.1 Å². The first kappa shape index (κ1) is 12.9. The number of hydrogen-bond acceptors (Lipinski definition) is 4. The largest absolute Gasteiger partial charge is 0.507 e. The van der Waals surface area contributed by atoms with Crippen LogP contribution in [0.25, 0.3) is 0 Å². The first-order chi connectivity index (χ1) is 8.52. The minimum absolute atomic E-state index is 0.00784. The number of rotatable bonds is 3. The molecule has 0 aliphatic carbocycles. The minimum Gasteiger partial charge on any atom is -0.507 e. The molecule has 1 unspecified atom stereocenters. The molecule has 1 atom stereocenters. The van der Waals surface area contributed by atoms with Crippen LogP contribution in [0.15, 0.2) is 18.2 Å². The Morgan fingerprint density at radius 3 is 3.00 bits per heavy atom. The summed E-state index contributed by atoms with van der Waals surface area (Å²) in [7, 11) is 0. The number of benzene rings is 1. The lowest BCUT2D eigenvalue weighted by Crippen LogP contribution is -2.44. The third-order valence-corrected chi connectivity index (χ3v) is 3.28. The number of carbonyl (C=O) groups is 1. The van der Waals surface area contributed by atoms with Crippen LogP contribution >= 0.6 is 0 Å². The van der Waals surface area contributed by atoms with Crippen LogP contribution < -0.4 is 10.6 Å². The monoisotopic (exact) mass is 250 g/mol. The number of aromatic hydroxyl groups is 1. The third-order valence-electron chi connectivity index (χ3n) is 3.28. The van der Waals surface area contributed by atoms with Crippen molar-refractivity contribution in [2.45, 2.75) is 18.9 Å². The van der Waals surface area contributed by atoms with Gasteiger partial charge in [-0.2, -0.15) is 0 Å². The van der Waals surface area contributed by atoms with Crippen molar-refractivity contribution in [1.82, 2.24) is 10.6 Å². The lowest BCUT2D eigenvalue weighted by atomic mass is 10.0. The molecule has 5 nitrogen and oxygen atoms in total. The lowest BCUT2D eigenvalue weighted by molar-refractivity contribution is 0.0561. The molecule has 4 N–H and O–H groups in total. The highest BCUT2D eigenvalue weighted by Crippen LogP contribution is 2.21. The van der Waals surface area contributed by atoms with Gasteiger partial charge in [0.25, 0.3) is 5.91 Å². The van der Waals surface area contributed by atoms with Gasteiger partial charge in [-0.15, -0.1) is 0 Å². The summed E-state index contributed by atoms with van der Waals surface area (Å²) in [5.41, 5.74) is 0.0169. The number of nitrogens with one attached hydrogen (secondary N) is 2. The zero-order valence-electron chi connectivity index (χ0n) is 10.4. The van der Waals surface area contributed by atoms with Gasteiger partial charge >= 0.3 is 0 Å². The van der Waals surface area contributed by atoms with Gasteiger partial charge in [-0.3, -0.25) is 4.79 Å². The van der Waals surface area contributed by atoms with E-state index in [2.05, 4.69) is 10.6 Å². The van der Waals surface area contributed by atoms with Crippen molar-refractivity contribution in [2.75, 3.05) is 19.6 Å². The maximum absolute atomic E-state index is 11.9. The number of hydrogen-bond donors (Lipinski definition) is 4. The van der Waals surface area contributed by atoms with Gasteiger partial charge in [-0.05, 0) is 31.5 Å². The number of phenolic OH excluding ortho intramolecular Hbond substituents is 1. The van der Waals surface area contributed by atoms with Gasteiger partial charge in [0.1, 0.15) is 5.75 Å². The molecule has 1 amide bonds. The molecule has 1 heterocycles. The number of aliphatic hydroxyl groups is 1. The molecular formula is C13H18N2O3. The molecular weight excluding hydrogens is 232 g/mol. The van der Waals surface area contributed by atoms with E-state index >= 15 is 0 Å². The zero-order valence-corrected chi connectivity index (χ0v) is 10.4. The maximum atomic E-state index is 11.9. The number of carbonyl (C=O) groups excluding carboxylic acids is 1. The van der Waals surface area contributed by atoms with E-state index in [4.69, 9.17) is 0 Å². The summed E-state index contributed by atoms with van der Waals surface area (Å²) < 4.78 is 0. The quantitative estimate of drug-likeness (QED) is 0.616. The fourth-order valence-electron chi connectivity index (χ4n) is 2.06. The number of aryl methyl sites for hydroxylation is 1. The average molecular weight is 250 g/mol. The number of para-hydroxylation sites is 1. The number of β-amino-alcohol motifs (C(OH)–C–C–N with tert-alkyl or cyclic N) is 1. The van der Waals surface area contributed by atoms with E-state index in [-0.39, 0.29) is 23.8 Å². The van der Waals surface area contributed by atoms with Crippen molar-refractivity contribution in [2.24, 2.45) is 0 Å². The Balaban J connectivity index is 2.01. The molecule has 1 aromatic rings. The normalized spacial score (nSPS) is 23.0. The Kier molecular flexibility index (Phi) is 3.54. The average Bonchev–Trinajstić information content (AvgIpc) is 2.77. The van der Waals surface area contributed by atoms with Gasteiger partial charge in [0.2, 0.25) is 0 Å². The Morgan fingerprint density at radius 2 is 2.33 bits per heavy atom. The van der Waals surface area contributed by atoms with Gasteiger partial charge in [0.05, 0.1) is 11.2 Å². The fraction of sp³-hybridized carbons (Fsp3) is 0.462. The van der Waals surface area contributed by atoms with E-state index in [0.29, 0.717) is 18.5 Å².